The number of nitrogens with zero attached hydrogens (tertiary/aromatic N) is 2. The summed E-state index contributed by atoms with van der Waals surface area (Å²) in [5.41, 5.74) is 1.56. The molecule has 2 atom stereocenters. The maximum Gasteiger partial charge on any atom is 0.387 e. The van der Waals surface area contributed by atoms with Gasteiger partial charge in [-0.3, -0.25) is 9.69 Å². The van der Waals surface area contributed by atoms with Crippen LogP contribution in [0, 0.1) is 13.8 Å². The van der Waals surface area contributed by atoms with Crippen molar-refractivity contribution >= 4 is 5.91 Å². The van der Waals surface area contributed by atoms with E-state index in [1.54, 1.807) is 30.9 Å². The van der Waals surface area contributed by atoms with Gasteiger partial charge in [-0.2, -0.15) is 8.78 Å². The summed E-state index contributed by atoms with van der Waals surface area (Å²) in [7, 11) is 2.04. The summed E-state index contributed by atoms with van der Waals surface area (Å²) >= 11 is 0. The zero-order valence-corrected chi connectivity index (χ0v) is 14.1. The van der Waals surface area contributed by atoms with Crippen LogP contribution in [0.2, 0.25) is 0 Å². The highest BCUT2D eigenvalue weighted by Crippen LogP contribution is 2.28. The molecule has 0 bridgehead atoms. The molecule has 0 aromatic heterocycles. The Bertz CT molecular complexity index is 615. The van der Waals surface area contributed by atoms with Crippen molar-refractivity contribution in [1.29, 1.82) is 0 Å². The van der Waals surface area contributed by atoms with Crippen LogP contribution >= 0.6 is 0 Å². The average molecular weight is 340 g/mol. The molecule has 2 fully saturated rings. The second-order valence-corrected chi connectivity index (χ2v) is 6.49. The van der Waals surface area contributed by atoms with Crippen LogP contribution in [0.4, 0.5) is 8.78 Å². The van der Waals surface area contributed by atoms with Gasteiger partial charge < -0.3 is 14.4 Å². The summed E-state index contributed by atoms with van der Waals surface area (Å²) in [6.45, 7) is 3.18. The van der Waals surface area contributed by atoms with Crippen molar-refractivity contribution in [2.24, 2.45) is 0 Å². The van der Waals surface area contributed by atoms with Gasteiger partial charge in [0.15, 0.2) is 0 Å². The van der Waals surface area contributed by atoms with Crippen LogP contribution in [0.5, 0.6) is 5.75 Å². The van der Waals surface area contributed by atoms with Gasteiger partial charge in [-0.15, -0.1) is 0 Å². The average Bonchev–Trinajstić information content (AvgIpc) is 2.95. The number of fused-ring (bicyclic) bond motifs is 1. The fraction of sp³-hybridized carbons (Fsp3) is 0.588. The standard InChI is InChI=1S/C17H22F2N2O3/c1-10-6-12(7-11(2)15(10)24-17(18)19)16(22)21-8-13-14(9-21)23-5-4-20(13)3/h6-7,13-14,17H,4-5,8-9H2,1-3H3/t13-,14+/m0/s1. The fourth-order valence-corrected chi connectivity index (χ4v) is 3.55. The second kappa shape index (κ2) is 6.64. The fourth-order valence-electron chi connectivity index (χ4n) is 3.55. The molecule has 24 heavy (non-hydrogen) atoms. The van der Waals surface area contributed by atoms with E-state index in [-0.39, 0.29) is 23.8 Å². The third kappa shape index (κ3) is 3.23. The Morgan fingerprint density at radius 1 is 1.29 bits per heavy atom. The van der Waals surface area contributed by atoms with Crippen molar-refractivity contribution in [2.45, 2.75) is 32.6 Å². The number of hydrogen-bond acceptors (Lipinski definition) is 4. The van der Waals surface area contributed by atoms with E-state index in [0.717, 1.165) is 6.54 Å². The maximum absolute atomic E-state index is 12.8. The van der Waals surface area contributed by atoms with E-state index in [1.165, 1.54) is 0 Å². The summed E-state index contributed by atoms with van der Waals surface area (Å²) in [6.07, 6.45) is 0.0383. The van der Waals surface area contributed by atoms with E-state index >= 15 is 0 Å². The number of aryl methyl sites for hydroxylation is 2. The highest BCUT2D eigenvalue weighted by Gasteiger charge is 2.40. The molecule has 2 aliphatic heterocycles. The van der Waals surface area contributed by atoms with Gasteiger partial charge in [0, 0.05) is 25.2 Å². The summed E-state index contributed by atoms with van der Waals surface area (Å²) in [5, 5.41) is 0. The molecular weight excluding hydrogens is 318 g/mol. The summed E-state index contributed by atoms with van der Waals surface area (Å²) in [4.78, 5) is 16.8. The molecule has 2 aliphatic rings. The summed E-state index contributed by atoms with van der Waals surface area (Å²) in [6, 6.07) is 3.44. The molecule has 2 saturated heterocycles. The number of amides is 1. The van der Waals surface area contributed by atoms with Crippen molar-refractivity contribution < 1.29 is 23.0 Å². The normalized spacial score (nSPS) is 24.3. The molecule has 1 aromatic rings. The largest absolute Gasteiger partial charge is 0.434 e. The number of likely N-dealkylation sites (N-methyl/N-ethyl adjacent to an activating group) is 1. The molecule has 132 valence electrons. The Labute approximate surface area is 140 Å². The van der Waals surface area contributed by atoms with Gasteiger partial charge in [0.05, 0.1) is 18.8 Å². The van der Waals surface area contributed by atoms with E-state index in [2.05, 4.69) is 9.64 Å². The number of ether oxygens (including phenoxy) is 2. The molecular formula is C17H22F2N2O3. The first-order chi connectivity index (χ1) is 11.4. The third-order valence-electron chi connectivity index (χ3n) is 4.78. The zero-order chi connectivity index (χ0) is 17.4. The van der Waals surface area contributed by atoms with Crippen molar-refractivity contribution in [3.05, 3.63) is 28.8 Å². The van der Waals surface area contributed by atoms with Crippen LogP contribution in [-0.2, 0) is 4.74 Å². The predicted octanol–water partition coefficient (Wildman–Crippen LogP) is 2.06. The molecule has 0 spiro atoms. The molecule has 0 N–H and O–H groups in total. The van der Waals surface area contributed by atoms with Crippen molar-refractivity contribution in [3.8, 4) is 5.75 Å². The first-order valence-electron chi connectivity index (χ1n) is 8.04. The number of benzene rings is 1. The minimum atomic E-state index is -2.88. The quantitative estimate of drug-likeness (QED) is 0.845. The summed E-state index contributed by atoms with van der Waals surface area (Å²) < 4.78 is 35.3. The number of halogens is 2. The van der Waals surface area contributed by atoms with E-state index in [4.69, 9.17) is 4.74 Å². The van der Waals surface area contributed by atoms with E-state index in [9.17, 15) is 13.6 Å². The van der Waals surface area contributed by atoms with Gasteiger partial charge in [0.1, 0.15) is 5.75 Å². The number of rotatable bonds is 3. The van der Waals surface area contributed by atoms with Crippen molar-refractivity contribution in [3.63, 3.8) is 0 Å². The molecule has 0 radical (unpaired) electrons. The van der Waals surface area contributed by atoms with Gasteiger partial charge in [-0.1, -0.05) is 0 Å². The Morgan fingerprint density at radius 2 is 1.96 bits per heavy atom. The highest BCUT2D eigenvalue weighted by molar-refractivity contribution is 5.95. The Kier molecular flexibility index (Phi) is 4.73. The lowest BCUT2D eigenvalue weighted by Crippen LogP contribution is -2.48. The van der Waals surface area contributed by atoms with Gasteiger partial charge in [0.25, 0.3) is 5.91 Å². The smallest absolute Gasteiger partial charge is 0.387 e. The summed E-state index contributed by atoms with van der Waals surface area (Å²) in [5.74, 6) is 0.0379. The number of morpholine rings is 1. The number of hydrogen-bond donors (Lipinski definition) is 0. The Balaban J connectivity index is 1.78. The predicted molar refractivity (Wildman–Crippen MR) is 84.6 cm³/mol. The van der Waals surface area contributed by atoms with E-state index in [0.29, 0.717) is 36.4 Å². The lowest BCUT2D eigenvalue weighted by Gasteiger charge is -2.33. The molecule has 0 aliphatic carbocycles. The lowest BCUT2D eigenvalue weighted by molar-refractivity contribution is -0.0507. The van der Waals surface area contributed by atoms with Gasteiger partial charge in [-0.05, 0) is 44.2 Å². The number of carbonyl (C=O) groups excluding carboxylic acids is 1. The lowest BCUT2D eigenvalue weighted by atomic mass is 10.0. The molecule has 0 saturated carbocycles. The highest BCUT2D eigenvalue weighted by atomic mass is 19.3. The van der Waals surface area contributed by atoms with Gasteiger partial charge >= 0.3 is 6.61 Å². The monoisotopic (exact) mass is 340 g/mol. The number of alkyl halides is 2. The molecule has 2 heterocycles. The van der Waals surface area contributed by atoms with E-state index < -0.39 is 6.61 Å². The minimum absolute atomic E-state index is 0.0383. The van der Waals surface area contributed by atoms with Gasteiger partial charge in [0.2, 0.25) is 0 Å². The molecule has 7 heteroatoms. The second-order valence-electron chi connectivity index (χ2n) is 6.49. The SMILES string of the molecule is Cc1cc(C(=O)N2C[C@H]3OCCN(C)[C@H]3C2)cc(C)c1OC(F)F. The van der Waals surface area contributed by atoms with Crippen LogP contribution in [0.15, 0.2) is 12.1 Å². The minimum Gasteiger partial charge on any atom is -0.434 e. The Hall–Kier alpha value is -1.73. The number of carbonyl (C=O) groups is 1. The van der Waals surface area contributed by atoms with Crippen LogP contribution in [-0.4, -0.2) is 67.8 Å². The molecule has 0 unspecified atom stereocenters. The van der Waals surface area contributed by atoms with Crippen LogP contribution < -0.4 is 4.74 Å². The van der Waals surface area contributed by atoms with Crippen molar-refractivity contribution in [1.82, 2.24) is 9.80 Å². The van der Waals surface area contributed by atoms with Crippen LogP contribution in [0.3, 0.4) is 0 Å². The van der Waals surface area contributed by atoms with Crippen molar-refractivity contribution in [2.75, 3.05) is 33.3 Å². The third-order valence-corrected chi connectivity index (χ3v) is 4.78. The van der Waals surface area contributed by atoms with Crippen LogP contribution in [0.25, 0.3) is 0 Å². The van der Waals surface area contributed by atoms with E-state index in [1.807, 2.05) is 7.05 Å². The number of likely N-dealkylation sites (tertiary alicyclic amines) is 1. The first-order valence-corrected chi connectivity index (χ1v) is 8.04. The van der Waals surface area contributed by atoms with Gasteiger partial charge in [-0.25, -0.2) is 0 Å². The maximum atomic E-state index is 12.8. The Morgan fingerprint density at radius 3 is 2.54 bits per heavy atom. The molecule has 5 nitrogen and oxygen atoms in total. The zero-order valence-electron chi connectivity index (χ0n) is 14.1. The molecule has 3 rings (SSSR count). The molecule has 1 aromatic carbocycles. The first kappa shape index (κ1) is 17.1. The molecule has 1 amide bonds. The van der Waals surface area contributed by atoms with Crippen LogP contribution in [0.1, 0.15) is 21.5 Å². The topological polar surface area (TPSA) is 42.0 Å².